The number of aliphatic hydroxyl groups excluding tert-OH is 1. The maximum Gasteiger partial charge on any atom is 0.227 e. The number of nitrogens with one attached hydrogen (secondary N) is 1. The highest BCUT2D eigenvalue weighted by molar-refractivity contribution is 6.35. The largest absolute Gasteiger partial charge is 0.395 e. The normalized spacial score (nSPS) is 20.4. The van der Waals surface area contributed by atoms with Crippen molar-refractivity contribution in [2.75, 3.05) is 49.5 Å². The van der Waals surface area contributed by atoms with Gasteiger partial charge in [-0.2, -0.15) is 4.98 Å². The van der Waals surface area contributed by atoms with Gasteiger partial charge in [0, 0.05) is 41.6 Å². The Morgan fingerprint density at radius 3 is 2.71 bits per heavy atom. The number of piperidine rings is 1. The van der Waals surface area contributed by atoms with Crippen LogP contribution in [0, 0.1) is 11.8 Å². The van der Waals surface area contributed by atoms with Crippen LogP contribution in [0.25, 0.3) is 10.9 Å². The van der Waals surface area contributed by atoms with E-state index in [1.54, 1.807) is 6.07 Å². The van der Waals surface area contributed by atoms with Crippen molar-refractivity contribution in [1.82, 2.24) is 14.9 Å². The number of anilines is 2. The van der Waals surface area contributed by atoms with Crippen molar-refractivity contribution in [3.05, 3.63) is 58.1 Å². The number of para-hydroxylation sites is 1. The average molecular weight is 500 g/mol. The quantitative estimate of drug-likeness (QED) is 0.462. The van der Waals surface area contributed by atoms with Crippen LogP contribution in [0.3, 0.4) is 0 Å². The third-order valence-electron chi connectivity index (χ3n) is 7.19. The molecule has 8 heteroatoms. The van der Waals surface area contributed by atoms with E-state index in [9.17, 15) is 5.11 Å². The molecule has 2 aliphatic rings. The van der Waals surface area contributed by atoms with Gasteiger partial charge in [-0.25, -0.2) is 4.98 Å². The second-order valence-electron chi connectivity index (χ2n) is 9.51. The van der Waals surface area contributed by atoms with E-state index in [0.29, 0.717) is 21.9 Å². The first kappa shape index (κ1) is 23.6. The van der Waals surface area contributed by atoms with Gasteiger partial charge in [0.2, 0.25) is 5.95 Å². The summed E-state index contributed by atoms with van der Waals surface area (Å²) >= 11 is 12.5. The van der Waals surface area contributed by atoms with Crippen LogP contribution in [0.4, 0.5) is 11.8 Å². The summed E-state index contributed by atoms with van der Waals surface area (Å²) in [5.74, 6) is 2.92. The molecule has 34 heavy (non-hydrogen) atoms. The fraction of sp³-hybridized carbons (Fsp3) is 0.462. The lowest BCUT2D eigenvalue weighted by molar-refractivity contribution is 0.101. The summed E-state index contributed by atoms with van der Waals surface area (Å²) in [4.78, 5) is 14.5. The maximum absolute atomic E-state index is 9.29. The monoisotopic (exact) mass is 499 g/mol. The molecule has 180 valence electrons. The number of aliphatic hydroxyl groups is 1. The van der Waals surface area contributed by atoms with Crippen LogP contribution in [-0.4, -0.2) is 59.3 Å². The standard InChI is InChI=1S/C26H31Cl2N5O/c1-17(21-9-8-20(27)13-23(21)28)29-25-22-6-2-3-7-24(22)30-26(31-25)33-15-19(16-33)18-5-4-10-32(14-18)11-12-34/h2-3,6-9,13,17-19,34H,4-5,10-12,14-16H2,1H3,(H,29,30,31)/t17?,18-/m0/s1. The highest BCUT2D eigenvalue weighted by Crippen LogP contribution is 2.35. The molecule has 0 spiro atoms. The molecule has 3 heterocycles. The second kappa shape index (κ2) is 10.2. The van der Waals surface area contributed by atoms with E-state index in [4.69, 9.17) is 33.2 Å². The minimum atomic E-state index is -0.0418. The van der Waals surface area contributed by atoms with E-state index in [2.05, 4.69) is 22.0 Å². The number of aromatic nitrogens is 2. The minimum Gasteiger partial charge on any atom is -0.395 e. The molecule has 2 aromatic carbocycles. The van der Waals surface area contributed by atoms with Crippen LogP contribution in [0.2, 0.25) is 10.0 Å². The fourth-order valence-electron chi connectivity index (χ4n) is 5.25. The molecule has 2 aliphatic heterocycles. The number of fused-ring (bicyclic) bond motifs is 1. The fourth-order valence-corrected chi connectivity index (χ4v) is 5.82. The number of halogens is 2. The lowest BCUT2D eigenvalue weighted by atomic mass is 9.81. The molecule has 2 N–H and O–H groups in total. The van der Waals surface area contributed by atoms with Crippen LogP contribution in [0.1, 0.15) is 31.4 Å². The number of rotatable bonds is 7. The van der Waals surface area contributed by atoms with Gasteiger partial charge in [0.1, 0.15) is 5.82 Å². The van der Waals surface area contributed by atoms with Crippen LogP contribution < -0.4 is 10.2 Å². The van der Waals surface area contributed by atoms with E-state index in [1.165, 1.54) is 12.8 Å². The Morgan fingerprint density at radius 1 is 1.09 bits per heavy atom. The summed E-state index contributed by atoms with van der Waals surface area (Å²) in [6, 6.07) is 13.7. The van der Waals surface area contributed by atoms with Crippen molar-refractivity contribution in [2.24, 2.45) is 11.8 Å². The topological polar surface area (TPSA) is 64.5 Å². The van der Waals surface area contributed by atoms with Gasteiger partial charge in [0.25, 0.3) is 0 Å². The van der Waals surface area contributed by atoms with E-state index in [0.717, 1.165) is 61.0 Å². The number of hydrogen-bond donors (Lipinski definition) is 2. The van der Waals surface area contributed by atoms with Crippen molar-refractivity contribution < 1.29 is 5.11 Å². The maximum atomic E-state index is 9.29. The van der Waals surface area contributed by atoms with E-state index in [-0.39, 0.29) is 12.6 Å². The molecular weight excluding hydrogens is 469 g/mol. The molecule has 1 aromatic heterocycles. The molecule has 0 bridgehead atoms. The van der Waals surface area contributed by atoms with Crippen molar-refractivity contribution >= 4 is 45.9 Å². The molecule has 6 nitrogen and oxygen atoms in total. The number of β-amino-alcohol motifs (C(OH)–C–C–N with tert-alkyl or cyclic N) is 1. The molecule has 5 rings (SSSR count). The molecule has 0 aliphatic carbocycles. The first-order chi connectivity index (χ1) is 16.5. The highest BCUT2D eigenvalue weighted by atomic mass is 35.5. The molecule has 0 amide bonds. The minimum absolute atomic E-state index is 0.0418. The summed E-state index contributed by atoms with van der Waals surface area (Å²) in [7, 11) is 0. The molecule has 3 aromatic rings. The van der Waals surface area contributed by atoms with Crippen LogP contribution in [-0.2, 0) is 0 Å². The van der Waals surface area contributed by atoms with Gasteiger partial charge in [-0.3, -0.25) is 0 Å². The van der Waals surface area contributed by atoms with E-state index < -0.39 is 0 Å². The predicted octanol–water partition coefficient (Wildman–Crippen LogP) is 5.25. The predicted molar refractivity (Wildman–Crippen MR) is 140 cm³/mol. The van der Waals surface area contributed by atoms with Gasteiger partial charge in [-0.15, -0.1) is 0 Å². The van der Waals surface area contributed by atoms with Gasteiger partial charge >= 0.3 is 0 Å². The second-order valence-corrected chi connectivity index (χ2v) is 10.4. The van der Waals surface area contributed by atoms with Gasteiger partial charge in [-0.1, -0.05) is 41.4 Å². The summed E-state index contributed by atoms with van der Waals surface area (Å²) in [5.41, 5.74) is 1.91. The number of benzene rings is 2. The highest BCUT2D eigenvalue weighted by Gasteiger charge is 2.37. The van der Waals surface area contributed by atoms with Crippen LogP contribution in [0.5, 0.6) is 0 Å². The average Bonchev–Trinajstić information content (AvgIpc) is 2.78. The van der Waals surface area contributed by atoms with Crippen LogP contribution in [0.15, 0.2) is 42.5 Å². The number of hydrogen-bond acceptors (Lipinski definition) is 6. The molecule has 2 fully saturated rings. The summed E-state index contributed by atoms with van der Waals surface area (Å²) in [6.07, 6.45) is 2.48. The molecular formula is C26H31Cl2N5O. The third-order valence-corrected chi connectivity index (χ3v) is 7.75. The van der Waals surface area contributed by atoms with Crippen molar-refractivity contribution in [3.63, 3.8) is 0 Å². The zero-order chi connectivity index (χ0) is 23.7. The first-order valence-corrected chi connectivity index (χ1v) is 12.8. The Morgan fingerprint density at radius 2 is 1.91 bits per heavy atom. The lowest BCUT2D eigenvalue weighted by Crippen LogP contribution is -2.54. The van der Waals surface area contributed by atoms with Gasteiger partial charge in [0.15, 0.2) is 0 Å². The smallest absolute Gasteiger partial charge is 0.227 e. The zero-order valence-corrected chi connectivity index (χ0v) is 20.9. The van der Waals surface area contributed by atoms with Gasteiger partial charge in [-0.05, 0) is 68.0 Å². The molecule has 0 saturated carbocycles. The van der Waals surface area contributed by atoms with Crippen molar-refractivity contribution in [3.8, 4) is 0 Å². The first-order valence-electron chi connectivity index (χ1n) is 12.1. The Bertz CT molecular complexity index is 1150. The molecule has 1 unspecified atom stereocenters. The summed E-state index contributed by atoms with van der Waals surface area (Å²) in [5, 5.41) is 15.1. The zero-order valence-electron chi connectivity index (χ0n) is 19.4. The summed E-state index contributed by atoms with van der Waals surface area (Å²) < 4.78 is 0. The van der Waals surface area contributed by atoms with Gasteiger partial charge in [0.05, 0.1) is 18.2 Å². The van der Waals surface area contributed by atoms with Crippen molar-refractivity contribution in [2.45, 2.75) is 25.8 Å². The Kier molecular flexibility index (Phi) is 7.11. The number of likely N-dealkylation sites (tertiary alicyclic amines) is 1. The Hall–Kier alpha value is -2.12. The number of nitrogens with zero attached hydrogens (tertiary/aromatic N) is 4. The Labute approximate surface area is 210 Å². The van der Waals surface area contributed by atoms with Gasteiger partial charge < -0.3 is 20.2 Å². The lowest BCUT2D eigenvalue weighted by Gasteiger charge is -2.46. The third kappa shape index (κ3) is 4.96. The molecule has 2 atom stereocenters. The SMILES string of the molecule is CC(Nc1nc(N2CC([C@H]3CCCN(CCO)C3)C2)nc2ccccc12)c1ccc(Cl)cc1Cl. The Balaban J connectivity index is 1.33. The van der Waals surface area contributed by atoms with Crippen LogP contribution >= 0.6 is 23.2 Å². The molecule has 0 radical (unpaired) electrons. The van der Waals surface area contributed by atoms with Crippen molar-refractivity contribution in [1.29, 1.82) is 0 Å². The van der Waals surface area contributed by atoms with E-state index >= 15 is 0 Å². The summed E-state index contributed by atoms with van der Waals surface area (Å²) in [6.45, 7) is 7.25. The van der Waals surface area contributed by atoms with E-state index in [1.807, 2.05) is 36.4 Å². The molecule has 2 saturated heterocycles.